The lowest BCUT2D eigenvalue weighted by molar-refractivity contribution is -0.0692. The van der Waals surface area contributed by atoms with Crippen molar-refractivity contribution in [2.75, 3.05) is 27.1 Å². The first-order valence-corrected chi connectivity index (χ1v) is 12.9. The first-order valence-electron chi connectivity index (χ1n) is 12.9. The summed E-state index contributed by atoms with van der Waals surface area (Å²) in [5, 5.41) is 0. The highest BCUT2D eigenvalue weighted by molar-refractivity contribution is 4.95. The van der Waals surface area contributed by atoms with Gasteiger partial charge in [0.25, 0.3) is 0 Å². The van der Waals surface area contributed by atoms with Crippen LogP contribution < -0.4 is 0 Å². The number of allylic oxidation sites excluding steroid dienone is 1. The molecule has 0 saturated carbocycles. The Balaban J connectivity index is 4.58. The van der Waals surface area contributed by atoms with Crippen LogP contribution in [0.3, 0.4) is 0 Å². The fraction of sp³-hybridized carbons (Fsp3) is 0.923. The van der Waals surface area contributed by atoms with Crippen LogP contribution in [0, 0.1) is 0 Å². The summed E-state index contributed by atoms with van der Waals surface area (Å²) >= 11 is 0. The van der Waals surface area contributed by atoms with Crippen molar-refractivity contribution in [3.63, 3.8) is 0 Å². The number of methoxy groups -OCH3 is 1. The monoisotopic (exact) mass is 428 g/mol. The molecule has 0 saturated heterocycles. The van der Waals surface area contributed by atoms with Gasteiger partial charge in [-0.05, 0) is 19.3 Å². The molecule has 0 aromatic carbocycles. The summed E-state index contributed by atoms with van der Waals surface area (Å²) in [6, 6.07) is 0. The van der Waals surface area contributed by atoms with E-state index in [-0.39, 0.29) is 6.79 Å². The zero-order valence-electron chi connectivity index (χ0n) is 20.8. The van der Waals surface area contributed by atoms with E-state index < -0.39 is 0 Å². The summed E-state index contributed by atoms with van der Waals surface area (Å²) < 4.78 is 23.1. The van der Waals surface area contributed by atoms with Crippen molar-refractivity contribution in [3.8, 4) is 0 Å². The molecule has 30 heavy (non-hydrogen) atoms. The van der Waals surface area contributed by atoms with Crippen LogP contribution in [0.5, 0.6) is 0 Å². The Kier molecular flexibility index (Phi) is 23.6. The lowest BCUT2D eigenvalue weighted by Gasteiger charge is -2.17. The van der Waals surface area contributed by atoms with E-state index in [1.165, 1.54) is 83.5 Å². The standard InChI is InChI=1S/C26H52O4/c1-5-8-11-14-15-16-17-18-21-25(28-22-19-12-9-6-2)26(30-24-27-4)29-23-20-13-10-7-3/h5-24H2,1-4H3. The fourth-order valence-electron chi connectivity index (χ4n) is 3.39. The zero-order chi connectivity index (χ0) is 22.1. The topological polar surface area (TPSA) is 36.9 Å². The second kappa shape index (κ2) is 24.4. The van der Waals surface area contributed by atoms with E-state index >= 15 is 0 Å². The van der Waals surface area contributed by atoms with Crippen LogP contribution in [0.15, 0.2) is 11.7 Å². The van der Waals surface area contributed by atoms with Crippen molar-refractivity contribution in [2.45, 2.75) is 130 Å². The predicted octanol–water partition coefficient (Wildman–Crippen LogP) is 8.50. The van der Waals surface area contributed by atoms with Gasteiger partial charge in [-0.2, -0.15) is 0 Å². The molecule has 0 unspecified atom stereocenters. The molecule has 0 aliphatic rings. The van der Waals surface area contributed by atoms with Gasteiger partial charge in [-0.3, -0.25) is 0 Å². The van der Waals surface area contributed by atoms with E-state index in [4.69, 9.17) is 18.9 Å². The van der Waals surface area contributed by atoms with Crippen molar-refractivity contribution < 1.29 is 18.9 Å². The van der Waals surface area contributed by atoms with Crippen molar-refractivity contribution in [1.29, 1.82) is 0 Å². The maximum atomic E-state index is 6.16. The second-order valence-electron chi connectivity index (χ2n) is 8.30. The molecule has 0 spiro atoms. The van der Waals surface area contributed by atoms with Gasteiger partial charge in [0.1, 0.15) is 0 Å². The van der Waals surface area contributed by atoms with Gasteiger partial charge in [-0.1, -0.05) is 104 Å². The van der Waals surface area contributed by atoms with Crippen LogP contribution in [0.4, 0.5) is 0 Å². The number of hydrogen-bond acceptors (Lipinski definition) is 4. The summed E-state index contributed by atoms with van der Waals surface area (Å²) in [4.78, 5) is 0. The van der Waals surface area contributed by atoms with Crippen LogP contribution in [-0.2, 0) is 18.9 Å². The summed E-state index contributed by atoms with van der Waals surface area (Å²) in [7, 11) is 1.64. The lowest BCUT2D eigenvalue weighted by atomic mass is 10.1. The van der Waals surface area contributed by atoms with Crippen molar-refractivity contribution in [3.05, 3.63) is 11.7 Å². The van der Waals surface area contributed by atoms with Gasteiger partial charge in [-0.15, -0.1) is 0 Å². The van der Waals surface area contributed by atoms with Gasteiger partial charge in [0.05, 0.1) is 13.2 Å². The highest BCUT2D eigenvalue weighted by Crippen LogP contribution is 2.20. The SMILES string of the molecule is CCCCCCCCCCC(OCCCCCC)=C(OCCCCCC)OCOC. The Hall–Kier alpha value is -0.900. The average Bonchev–Trinajstić information content (AvgIpc) is 2.76. The van der Waals surface area contributed by atoms with Gasteiger partial charge in [0.15, 0.2) is 12.6 Å². The minimum absolute atomic E-state index is 0.199. The van der Waals surface area contributed by atoms with Gasteiger partial charge in [0.2, 0.25) is 0 Å². The highest BCUT2D eigenvalue weighted by atomic mass is 16.7. The van der Waals surface area contributed by atoms with E-state index in [0.29, 0.717) is 12.6 Å². The largest absolute Gasteiger partial charge is 0.491 e. The molecule has 0 bridgehead atoms. The molecule has 4 heteroatoms. The van der Waals surface area contributed by atoms with Crippen molar-refractivity contribution >= 4 is 0 Å². The first-order chi connectivity index (χ1) is 14.8. The molecule has 0 aliphatic carbocycles. The summed E-state index contributed by atoms with van der Waals surface area (Å²) in [5.41, 5.74) is 0. The molecule has 0 fully saturated rings. The van der Waals surface area contributed by atoms with Crippen molar-refractivity contribution in [2.24, 2.45) is 0 Å². The first kappa shape index (κ1) is 29.1. The molecule has 0 aliphatic heterocycles. The fourth-order valence-corrected chi connectivity index (χ4v) is 3.39. The third-order valence-corrected chi connectivity index (χ3v) is 5.30. The van der Waals surface area contributed by atoms with Gasteiger partial charge >= 0.3 is 5.95 Å². The molecule has 180 valence electrons. The van der Waals surface area contributed by atoms with E-state index in [2.05, 4.69) is 20.8 Å². The van der Waals surface area contributed by atoms with E-state index in [9.17, 15) is 0 Å². The third kappa shape index (κ3) is 19.1. The maximum absolute atomic E-state index is 6.16. The molecule has 0 rings (SSSR count). The quantitative estimate of drug-likeness (QED) is 0.0877. The Morgan fingerprint density at radius 2 is 0.967 bits per heavy atom. The highest BCUT2D eigenvalue weighted by Gasteiger charge is 2.13. The Morgan fingerprint density at radius 3 is 1.50 bits per heavy atom. The summed E-state index contributed by atoms with van der Waals surface area (Å²) in [6.45, 7) is 8.35. The van der Waals surface area contributed by atoms with Crippen LogP contribution in [0.2, 0.25) is 0 Å². The van der Waals surface area contributed by atoms with Crippen LogP contribution in [0.25, 0.3) is 0 Å². The smallest absolute Gasteiger partial charge is 0.321 e. The van der Waals surface area contributed by atoms with Gasteiger partial charge < -0.3 is 18.9 Å². The lowest BCUT2D eigenvalue weighted by Crippen LogP contribution is -2.09. The molecule has 0 N–H and O–H groups in total. The zero-order valence-corrected chi connectivity index (χ0v) is 20.8. The molecule has 0 aromatic rings. The Bertz CT molecular complexity index is 368. The summed E-state index contributed by atoms with van der Waals surface area (Å²) in [5.74, 6) is 1.43. The van der Waals surface area contributed by atoms with Crippen molar-refractivity contribution in [1.82, 2.24) is 0 Å². The summed E-state index contributed by atoms with van der Waals surface area (Å²) in [6.07, 6.45) is 20.9. The van der Waals surface area contributed by atoms with Gasteiger partial charge in [0, 0.05) is 13.5 Å². The molecular weight excluding hydrogens is 376 g/mol. The van der Waals surface area contributed by atoms with E-state index in [1.54, 1.807) is 7.11 Å². The molecular formula is C26H52O4. The Labute approximate surface area is 188 Å². The van der Waals surface area contributed by atoms with Crippen LogP contribution >= 0.6 is 0 Å². The van der Waals surface area contributed by atoms with Gasteiger partial charge in [-0.25, -0.2) is 0 Å². The second-order valence-corrected chi connectivity index (χ2v) is 8.30. The molecule has 4 nitrogen and oxygen atoms in total. The molecule has 0 heterocycles. The molecule has 0 amide bonds. The minimum Gasteiger partial charge on any atom is -0.491 e. The van der Waals surface area contributed by atoms with E-state index in [1.807, 2.05) is 0 Å². The number of hydrogen-bond donors (Lipinski definition) is 0. The maximum Gasteiger partial charge on any atom is 0.321 e. The predicted molar refractivity (Wildman–Crippen MR) is 127 cm³/mol. The third-order valence-electron chi connectivity index (χ3n) is 5.30. The van der Waals surface area contributed by atoms with Crippen LogP contribution in [0.1, 0.15) is 130 Å². The molecule has 0 aromatic heterocycles. The molecule has 0 atom stereocenters. The average molecular weight is 429 g/mol. The van der Waals surface area contributed by atoms with Crippen LogP contribution in [-0.4, -0.2) is 27.1 Å². The number of unbranched alkanes of at least 4 members (excludes halogenated alkanes) is 13. The number of rotatable bonds is 24. The number of ether oxygens (including phenoxy) is 4. The normalized spacial score (nSPS) is 12.0. The Morgan fingerprint density at radius 1 is 0.500 bits per heavy atom. The van der Waals surface area contributed by atoms with E-state index in [0.717, 1.165) is 38.0 Å². The molecule has 0 radical (unpaired) electrons. The minimum atomic E-state index is 0.199.